The van der Waals surface area contributed by atoms with Gasteiger partial charge in [0.25, 0.3) is 0 Å². The van der Waals surface area contributed by atoms with Crippen molar-refractivity contribution in [3.8, 4) is 6.07 Å². The van der Waals surface area contributed by atoms with E-state index >= 15 is 0 Å². The molecule has 3 aliphatic heterocycles. The highest BCUT2D eigenvalue weighted by atomic mass is 15.4. The van der Waals surface area contributed by atoms with Crippen LogP contribution in [-0.2, 0) is 0 Å². The normalized spacial score (nSPS) is 27.6. The number of rotatable bonds is 8. The third kappa shape index (κ3) is 7.13. The van der Waals surface area contributed by atoms with Crippen molar-refractivity contribution in [3.05, 3.63) is 22.9 Å². The second kappa shape index (κ2) is 12.3. The molecule has 0 spiro atoms. The summed E-state index contributed by atoms with van der Waals surface area (Å²) < 4.78 is 0. The lowest BCUT2D eigenvalue weighted by Crippen LogP contribution is -2.40. The van der Waals surface area contributed by atoms with Gasteiger partial charge in [-0.25, -0.2) is 10.1 Å². The summed E-state index contributed by atoms with van der Waals surface area (Å²) in [5, 5.41) is 9.58. The van der Waals surface area contributed by atoms with Crippen molar-refractivity contribution in [1.29, 1.82) is 5.26 Å². The van der Waals surface area contributed by atoms with Gasteiger partial charge in [0, 0.05) is 39.3 Å². The molecule has 0 radical (unpaired) electrons. The summed E-state index contributed by atoms with van der Waals surface area (Å²) in [7, 11) is 0. The molecule has 31 heavy (non-hydrogen) atoms. The van der Waals surface area contributed by atoms with E-state index in [4.69, 9.17) is 6.57 Å². The molecule has 2 unspecified atom stereocenters. The predicted molar refractivity (Wildman–Crippen MR) is 126 cm³/mol. The van der Waals surface area contributed by atoms with Crippen LogP contribution in [0.3, 0.4) is 0 Å². The van der Waals surface area contributed by atoms with E-state index in [1.807, 2.05) is 0 Å². The maximum absolute atomic E-state index is 9.58. The van der Waals surface area contributed by atoms with E-state index in [0.717, 1.165) is 69.8 Å². The number of hydrogen-bond acceptors (Lipinski definition) is 5. The molecule has 3 aliphatic rings. The second-order valence-electron chi connectivity index (χ2n) is 10.0. The zero-order valence-electron chi connectivity index (χ0n) is 19.9. The molecule has 3 fully saturated rings. The van der Waals surface area contributed by atoms with Gasteiger partial charge in [-0.2, -0.15) is 0 Å². The molecule has 0 aromatic heterocycles. The summed E-state index contributed by atoms with van der Waals surface area (Å²) in [4.78, 5) is 13.4. The summed E-state index contributed by atoms with van der Waals surface area (Å²) in [5.41, 5.74) is 0.271. The molecule has 6 heteroatoms. The number of allylic oxidation sites excluding steroid dienone is 1. The van der Waals surface area contributed by atoms with Gasteiger partial charge < -0.3 is 19.6 Å². The molecule has 0 aliphatic carbocycles. The van der Waals surface area contributed by atoms with E-state index in [-0.39, 0.29) is 5.70 Å². The first-order chi connectivity index (χ1) is 15.1. The Morgan fingerprint density at radius 3 is 1.94 bits per heavy atom. The van der Waals surface area contributed by atoms with E-state index in [1.54, 1.807) is 0 Å². The Labute approximate surface area is 190 Å². The van der Waals surface area contributed by atoms with Crippen LogP contribution in [0.4, 0.5) is 0 Å². The molecule has 6 nitrogen and oxygen atoms in total. The molecule has 0 amide bonds. The molecule has 3 heterocycles. The van der Waals surface area contributed by atoms with Crippen LogP contribution in [0, 0.1) is 29.7 Å². The van der Waals surface area contributed by atoms with Crippen LogP contribution in [0.25, 0.3) is 4.85 Å². The number of nitriles is 1. The van der Waals surface area contributed by atoms with Crippen molar-refractivity contribution < 1.29 is 0 Å². The lowest BCUT2D eigenvalue weighted by molar-refractivity contribution is 0.136. The van der Waals surface area contributed by atoms with E-state index in [0.29, 0.717) is 0 Å². The van der Waals surface area contributed by atoms with Gasteiger partial charge in [-0.15, -0.1) is 0 Å². The van der Waals surface area contributed by atoms with Crippen molar-refractivity contribution in [1.82, 2.24) is 19.6 Å². The lowest BCUT2D eigenvalue weighted by atomic mass is 9.92. The van der Waals surface area contributed by atoms with Gasteiger partial charge in [0.2, 0.25) is 0 Å². The minimum atomic E-state index is 0.271. The summed E-state index contributed by atoms with van der Waals surface area (Å²) in [5.74, 6) is 2.48. The number of likely N-dealkylation sites (tertiary alicyclic amines) is 2. The average molecular weight is 427 g/mol. The lowest BCUT2D eigenvalue weighted by Gasteiger charge is -2.35. The Bertz CT molecular complexity index is 640. The predicted octanol–water partition coefficient (Wildman–Crippen LogP) is 3.85. The van der Waals surface area contributed by atoms with Crippen LogP contribution in [0.15, 0.2) is 11.5 Å². The molecular weight excluding hydrogens is 384 g/mol. The van der Waals surface area contributed by atoms with Crippen LogP contribution in [0.2, 0.25) is 0 Å². The van der Waals surface area contributed by atoms with E-state index in [9.17, 15) is 5.26 Å². The van der Waals surface area contributed by atoms with Crippen LogP contribution in [-0.4, -0.2) is 85.0 Å². The molecular formula is C25H42N6. The topological polar surface area (TPSA) is 41.1 Å². The van der Waals surface area contributed by atoms with Crippen LogP contribution < -0.4 is 0 Å². The van der Waals surface area contributed by atoms with Gasteiger partial charge in [-0.1, -0.05) is 26.7 Å². The quantitative estimate of drug-likeness (QED) is 0.436. The smallest absolute Gasteiger partial charge is 0.300 e. The van der Waals surface area contributed by atoms with Crippen molar-refractivity contribution in [2.75, 3.05) is 65.4 Å². The molecule has 0 saturated carbocycles. The molecule has 172 valence electrons. The maximum Gasteiger partial charge on any atom is 0.300 e. The minimum absolute atomic E-state index is 0.271. The van der Waals surface area contributed by atoms with Crippen LogP contribution in [0.5, 0.6) is 0 Å². The van der Waals surface area contributed by atoms with E-state index in [2.05, 4.69) is 44.4 Å². The fraction of sp³-hybridized carbons (Fsp3) is 0.840. The summed E-state index contributed by atoms with van der Waals surface area (Å²) in [6.07, 6.45) is 8.95. The third-order valence-electron chi connectivity index (χ3n) is 7.12. The molecule has 3 rings (SSSR count). The van der Waals surface area contributed by atoms with E-state index in [1.165, 1.54) is 58.3 Å². The molecule has 2 atom stereocenters. The highest BCUT2D eigenvalue weighted by Gasteiger charge is 2.28. The Morgan fingerprint density at radius 1 is 0.871 bits per heavy atom. The minimum Gasteiger partial charge on any atom is -0.365 e. The van der Waals surface area contributed by atoms with Gasteiger partial charge in [-0.05, 0) is 70.1 Å². The number of hydrogen-bond donors (Lipinski definition) is 0. The van der Waals surface area contributed by atoms with Crippen molar-refractivity contribution in [2.24, 2.45) is 11.8 Å². The Hall–Kier alpha value is -1.76. The molecule has 0 N–H and O–H groups in total. The first-order valence-corrected chi connectivity index (χ1v) is 12.6. The fourth-order valence-corrected chi connectivity index (χ4v) is 5.82. The fourth-order valence-electron chi connectivity index (χ4n) is 5.82. The summed E-state index contributed by atoms with van der Waals surface area (Å²) in [6.45, 7) is 23.1. The largest absolute Gasteiger partial charge is 0.365 e. The Kier molecular flexibility index (Phi) is 9.50. The van der Waals surface area contributed by atoms with Gasteiger partial charge in [-0.3, -0.25) is 0 Å². The van der Waals surface area contributed by atoms with Crippen molar-refractivity contribution in [2.45, 2.75) is 58.8 Å². The van der Waals surface area contributed by atoms with Gasteiger partial charge >= 0.3 is 5.70 Å². The SMILES string of the molecule is [C-]#[N+]C(C#N)=C1N(CCCN2CCCCCC2)CCN1CCCN1CC(C)CC(C)C1. The molecule has 3 saturated heterocycles. The number of nitrogens with zero attached hydrogens (tertiary/aromatic N) is 6. The first-order valence-electron chi connectivity index (χ1n) is 12.6. The Morgan fingerprint density at radius 2 is 1.42 bits per heavy atom. The first kappa shape index (κ1) is 23.9. The monoisotopic (exact) mass is 426 g/mol. The molecule has 0 bridgehead atoms. The number of piperidine rings is 1. The molecule has 0 aromatic carbocycles. The second-order valence-corrected chi connectivity index (χ2v) is 10.0. The third-order valence-corrected chi connectivity index (χ3v) is 7.12. The van der Waals surface area contributed by atoms with Crippen molar-refractivity contribution in [3.63, 3.8) is 0 Å². The van der Waals surface area contributed by atoms with Crippen molar-refractivity contribution >= 4 is 0 Å². The maximum atomic E-state index is 9.58. The zero-order chi connectivity index (χ0) is 22.1. The summed E-state index contributed by atoms with van der Waals surface area (Å²) in [6, 6.07) is 2.17. The average Bonchev–Trinajstić information content (AvgIpc) is 2.95. The zero-order valence-corrected chi connectivity index (χ0v) is 19.9. The van der Waals surface area contributed by atoms with E-state index < -0.39 is 0 Å². The van der Waals surface area contributed by atoms with Gasteiger partial charge in [0.05, 0.1) is 12.6 Å². The van der Waals surface area contributed by atoms with Gasteiger partial charge in [0.15, 0.2) is 0 Å². The van der Waals surface area contributed by atoms with Gasteiger partial charge in [0.1, 0.15) is 5.82 Å². The van der Waals surface area contributed by atoms with Crippen LogP contribution >= 0.6 is 0 Å². The highest BCUT2D eigenvalue weighted by Crippen LogP contribution is 2.25. The summed E-state index contributed by atoms with van der Waals surface area (Å²) >= 11 is 0. The Balaban J connectivity index is 1.50. The standard InChI is InChI=1S/C25H42N6/c1-22-18-23(2)21-29(20-22)13-9-15-31-17-16-30(25(31)24(19-26)27-3)14-8-12-28-10-6-4-5-7-11-28/h22-23H,4-18,20-21H2,1-2H3. The van der Waals surface area contributed by atoms with Crippen LogP contribution in [0.1, 0.15) is 58.8 Å². The highest BCUT2D eigenvalue weighted by molar-refractivity contribution is 5.33. The molecule has 0 aromatic rings.